The van der Waals surface area contributed by atoms with Crippen LogP contribution in [0.3, 0.4) is 0 Å². The number of benzene rings is 2. The molecule has 3 rings (SSSR count). The van der Waals surface area contributed by atoms with E-state index in [1.807, 2.05) is 25.1 Å². The lowest BCUT2D eigenvalue weighted by Crippen LogP contribution is -2.16. The molecule has 1 N–H and O–H groups in total. The van der Waals surface area contributed by atoms with E-state index in [4.69, 9.17) is 0 Å². The molecule has 0 aliphatic heterocycles. The average molecular weight is 333 g/mol. The molecular weight excluding hydrogens is 314 g/mol. The van der Waals surface area contributed by atoms with Crippen molar-refractivity contribution in [3.05, 3.63) is 82.7 Å². The third-order valence-electron chi connectivity index (χ3n) is 4.19. The van der Waals surface area contributed by atoms with E-state index in [0.29, 0.717) is 28.1 Å². The third-order valence-corrected chi connectivity index (χ3v) is 4.19. The predicted octanol–water partition coefficient (Wildman–Crippen LogP) is 3.52. The Morgan fingerprint density at radius 2 is 1.60 bits per heavy atom. The van der Waals surface area contributed by atoms with Crippen LogP contribution in [-0.2, 0) is 7.05 Å². The van der Waals surface area contributed by atoms with E-state index in [-0.39, 0.29) is 11.7 Å². The highest BCUT2D eigenvalue weighted by Gasteiger charge is 2.20. The Morgan fingerprint density at radius 3 is 2.24 bits per heavy atom. The van der Waals surface area contributed by atoms with Gasteiger partial charge in [-0.2, -0.15) is 5.10 Å². The van der Waals surface area contributed by atoms with Crippen LogP contribution < -0.4 is 5.32 Å². The fraction of sp³-hybridized carbons (Fsp3) is 0.150. The largest absolute Gasteiger partial charge is 0.321 e. The molecule has 0 saturated carbocycles. The monoisotopic (exact) mass is 333 g/mol. The van der Waals surface area contributed by atoms with Crippen LogP contribution in [0.2, 0.25) is 0 Å². The lowest BCUT2D eigenvalue weighted by Gasteiger charge is -2.11. The molecule has 0 saturated heterocycles. The number of aryl methyl sites for hydroxylation is 2. The molecule has 1 heterocycles. The van der Waals surface area contributed by atoms with Gasteiger partial charge < -0.3 is 5.32 Å². The Balaban J connectivity index is 1.94. The number of aromatic nitrogens is 2. The molecule has 25 heavy (non-hydrogen) atoms. The summed E-state index contributed by atoms with van der Waals surface area (Å²) in [6.45, 7) is 3.64. The number of nitrogens with one attached hydrogen (secondary N) is 1. The average Bonchev–Trinajstić information content (AvgIpc) is 2.87. The zero-order chi connectivity index (χ0) is 18.0. The Morgan fingerprint density at radius 1 is 0.960 bits per heavy atom. The van der Waals surface area contributed by atoms with E-state index >= 15 is 0 Å². The standard InChI is InChI=1S/C20H19N3O2/c1-13-18(14(2)23(3)22-13)20(25)21-17-12-8-7-11-16(17)19(24)15-9-5-4-6-10-15/h4-12H,1-3H3,(H,21,25). The van der Waals surface area contributed by atoms with E-state index in [0.717, 1.165) is 5.69 Å². The summed E-state index contributed by atoms with van der Waals surface area (Å²) in [6.07, 6.45) is 0. The third kappa shape index (κ3) is 3.21. The molecule has 3 aromatic rings. The topological polar surface area (TPSA) is 64.0 Å². The maximum Gasteiger partial charge on any atom is 0.259 e. The van der Waals surface area contributed by atoms with Gasteiger partial charge in [0.05, 0.1) is 16.9 Å². The molecule has 1 aromatic heterocycles. The van der Waals surface area contributed by atoms with E-state index in [1.165, 1.54) is 0 Å². The van der Waals surface area contributed by atoms with Gasteiger partial charge in [0, 0.05) is 23.9 Å². The Bertz CT molecular complexity index is 943. The van der Waals surface area contributed by atoms with Crippen LogP contribution in [-0.4, -0.2) is 21.5 Å². The second-order valence-corrected chi connectivity index (χ2v) is 5.86. The quantitative estimate of drug-likeness (QED) is 0.743. The van der Waals surface area contributed by atoms with Crippen molar-refractivity contribution < 1.29 is 9.59 Å². The van der Waals surface area contributed by atoms with E-state index < -0.39 is 0 Å². The second kappa shape index (κ2) is 6.73. The van der Waals surface area contributed by atoms with E-state index in [1.54, 1.807) is 55.1 Å². The maximum atomic E-state index is 12.8. The van der Waals surface area contributed by atoms with Crippen molar-refractivity contribution in [3.8, 4) is 0 Å². The minimum absolute atomic E-state index is 0.129. The lowest BCUT2D eigenvalue weighted by atomic mass is 10.0. The number of rotatable bonds is 4. The Kier molecular flexibility index (Phi) is 4.48. The number of anilines is 1. The smallest absolute Gasteiger partial charge is 0.259 e. The number of carbonyl (C=O) groups is 2. The molecule has 0 aliphatic carbocycles. The summed E-state index contributed by atoms with van der Waals surface area (Å²) in [5.41, 5.74) is 3.50. The summed E-state index contributed by atoms with van der Waals surface area (Å²) < 4.78 is 1.67. The zero-order valence-corrected chi connectivity index (χ0v) is 14.4. The summed E-state index contributed by atoms with van der Waals surface area (Å²) in [6, 6.07) is 16.0. The summed E-state index contributed by atoms with van der Waals surface area (Å²) in [4.78, 5) is 25.5. The van der Waals surface area contributed by atoms with Crippen LogP contribution in [0.15, 0.2) is 54.6 Å². The van der Waals surface area contributed by atoms with Gasteiger partial charge in [-0.25, -0.2) is 0 Å². The number of ketones is 1. The van der Waals surface area contributed by atoms with Crippen LogP contribution in [0, 0.1) is 13.8 Å². The SMILES string of the molecule is Cc1nn(C)c(C)c1C(=O)Nc1ccccc1C(=O)c1ccccc1. The van der Waals surface area contributed by atoms with Gasteiger partial charge in [0.1, 0.15) is 0 Å². The van der Waals surface area contributed by atoms with Crippen molar-refractivity contribution in [1.29, 1.82) is 0 Å². The second-order valence-electron chi connectivity index (χ2n) is 5.86. The van der Waals surface area contributed by atoms with Crippen LogP contribution in [0.4, 0.5) is 5.69 Å². The lowest BCUT2D eigenvalue weighted by molar-refractivity contribution is 0.102. The Hall–Kier alpha value is -3.21. The minimum Gasteiger partial charge on any atom is -0.321 e. The van der Waals surface area contributed by atoms with Crippen LogP contribution in [0.25, 0.3) is 0 Å². The molecule has 5 heteroatoms. The Labute approximate surface area is 146 Å². The molecule has 0 fully saturated rings. The minimum atomic E-state index is -0.267. The number of para-hydroxylation sites is 1. The zero-order valence-electron chi connectivity index (χ0n) is 14.4. The molecule has 1 amide bonds. The van der Waals surface area contributed by atoms with Gasteiger partial charge in [0.2, 0.25) is 0 Å². The fourth-order valence-corrected chi connectivity index (χ4v) is 2.82. The number of nitrogens with zero attached hydrogens (tertiary/aromatic N) is 2. The number of carbonyl (C=O) groups excluding carboxylic acids is 2. The molecule has 0 aliphatic rings. The summed E-state index contributed by atoms with van der Waals surface area (Å²) in [5, 5.41) is 7.13. The highest BCUT2D eigenvalue weighted by Crippen LogP contribution is 2.21. The number of hydrogen-bond acceptors (Lipinski definition) is 3. The van der Waals surface area contributed by atoms with Gasteiger partial charge in [-0.1, -0.05) is 42.5 Å². The van der Waals surface area contributed by atoms with Crippen molar-refractivity contribution in [3.63, 3.8) is 0 Å². The van der Waals surface area contributed by atoms with Crippen molar-refractivity contribution in [2.24, 2.45) is 7.05 Å². The molecule has 0 bridgehead atoms. The maximum absolute atomic E-state index is 12.8. The number of amides is 1. The first kappa shape index (κ1) is 16.6. The first-order valence-electron chi connectivity index (χ1n) is 7.99. The molecule has 0 unspecified atom stereocenters. The normalized spacial score (nSPS) is 10.5. The molecule has 126 valence electrons. The molecule has 0 radical (unpaired) electrons. The summed E-state index contributed by atoms with van der Waals surface area (Å²) >= 11 is 0. The van der Waals surface area contributed by atoms with Gasteiger partial charge in [-0.15, -0.1) is 0 Å². The van der Waals surface area contributed by atoms with Gasteiger partial charge in [-0.05, 0) is 26.0 Å². The first-order chi connectivity index (χ1) is 12.0. The van der Waals surface area contributed by atoms with Crippen molar-refractivity contribution >= 4 is 17.4 Å². The summed E-state index contributed by atoms with van der Waals surface area (Å²) in [5.74, 6) is -0.396. The predicted molar refractivity (Wildman–Crippen MR) is 97.0 cm³/mol. The molecule has 5 nitrogen and oxygen atoms in total. The highest BCUT2D eigenvalue weighted by atomic mass is 16.2. The van der Waals surface area contributed by atoms with E-state index in [2.05, 4.69) is 10.4 Å². The van der Waals surface area contributed by atoms with Crippen molar-refractivity contribution in [1.82, 2.24) is 9.78 Å². The molecule has 0 spiro atoms. The van der Waals surface area contributed by atoms with Crippen molar-refractivity contribution in [2.45, 2.75) is 13.8 Å². The first-order valence-corrected chi connectivity index (χ1v) is 7.99. The van der Waals surface area contributed by atoms with Gasteiger partial charge in [0.25, 0.3) is 5.91 Å². The van der Waals surface area contributed by atoms with Gasteiger partial charge in [-0.3, -0.25) is 14.3 Å². The molecular formula is C20H19N3O2. The highest BCUT2D eigenvalue weighted by molar-refractivity contribution is 6.15. The van der Waals surface area contributed by atoms with E-state index in [9.17, 15) is 9.59 Å². The number of hydrogen-bond donors (Lipinski definition) is 1. The van der Waals surface area contributed by atoms with Gasteiger partial charge in [0.15, 0.2) is 5.78 Å². The fourth-order valence-electron chi connectivity index (χ4n) is 2.82. The van der Waals surface area contributed by atoms with Crippen LogP contribution in [0.1, 0.15) is 37.7 Å². The van der Waals surface area contributed by atoms with Crippen LogP contribution >= 0.6 is 0 Å². The van der Waals surface area contributed by atoms with Gasteiger partial charge >= 0.3 is 0 Å². The van der Waals surface area contributed by atoms with Crippen molar-refractivity contribution in [2.75, 3.05) is 5.32 Å². The molecule has 0 atom stereocenters. The summed E-state index contributed by atoms with van der Waals surface area (Å²) in [7, 11) is 1.80. The molecule has 2 aromatic carbocycles. The van der Waals surface area contributed by atoms with Crippen LogP contribution in [0.5, 0.6) is 0 Å².